The van der Waals surface area contributed by atoms with Gasteiger partial charge in [0.25, 0.3) is 11.8 Å². The molecule has 5 rings (SSSR count). The predicted octanol–water partition coefficient (Wildman–Crippen LogP) is 1.93. The normalized spacial score (nSPS) is 33.7. The van der Waals surface area contributed by atoms with E-state index in [9.17, 15) is 14.7 Å². The molecule has 2 saturated carbocycles. The molecule has 1 spiro atoms. The van der Waals surface area contributed by atoms with Gasteiger partial charge in [-0.05, 0) is 53.9 Å². The first-order chi connectivity index (χ1) is 12.1. The van der Waals surface area contributed by atoms with Gasteiger partial charge in [0.1, 0.15) is 0 Å². The number of phenolic OH excluding ortho intramolecular Hbond substituents is 1. The lowest BCUT2D eigenvalue weighted by molar-refractivity contribution is -0.141. The second-order valence-electron chi connectivity index (χ2n) is 7.39. The van der Waals surface area contributed by atoms with Gasteiger partial charge in [-0.2, -0.15) is 10.1 Å². The Bertz CT molecular complexity index is 821. The van der Waals surface area contributed by atoms with Crippen molar-refractivity contribution in [3.63, 3.8) is 0 Å². The van der Waals surface area contributed by atoms with Gasteiger partial charge in [-0.25, -0.2) is 0 Å². The van der Waals surface area contributed by atoms with Crippen LogP contribution in [0.15, 0.2) is 35.5 Å². The van der Waals surface area contributed by atoms with E-state index in [0.717, 1.165) is 17.9 Å². The molecule has 1 aliphatic heterocycles. The number of ether oxygens (including phenoxy) is 1. The fraction of sp³-hybridized carbons (Fsp3) is 0.421. The van der Waals surface area contributed by atoms with Gasteiger partial charge < -0.3 is 9.84 Å². The molecule has 4 atom stereocenters. The molecule has 1 heterocycles. The van der Waals surface area contributed by atoms with Crippen molar-refractivity contribution in [1.29, 1.82) is 0 Å². The van der Waals surface area contributed by atoms with Crippen molar-refractivity contribution < 1.29 is 19.4 Å². The first-order valence-corrected chi connectivity index (χ1v) is 8.54. The van der Waals surface area contributed by atoms with Crippen molar-refractivity contribution in [2.45, 2.75) is 12.8 Å². The molecule has 6 heteroatoms. The summed E-state index contributed by atoms with van der Waals surface area (Å²) in [6.07, 6.45) is 7.99. The number of fused-ring (bicyclic) bond motifs is 3. The van der Waals surface area contributed by atoms with Gasteiger partial charge in [0.15, 0.2) is 11.5 Å². The number of benzene rings is 1. The van der Waals surface area contributed by atoms with Gasteiger partial charge in [-0.3, -0.25) is 9.59 Å². The fourth-order valence-corrected chi connectivity index (χ4v) is 5.08. The van der Waals surface area contributed by atoms with Crippen molar-refractivity contribution in [2.24, 2.45) is 34.2 Å². The van der Waals surface area contributed by atoms with Crippen LogP contribution in [0.2, 0.25) is 0 Å². The second-order valence-corrected chi connectivity index (χ2v) is 7.39. The number of phenols is 1. The topological polar surface area (TPSA) is 79.2 Å². The first-order valence-electron chi connectivity index (χ1n) is 8.54. The van der Waals surface area contributed by atoms with Crippen molar-refractivity contribution in [2.75, 3.05) is 7.11 Å². The number of hydrogen-bond donors (Lipinski definition) is 1. The number of methoxy groups -OCH3 is 1. The van der Waals surface area contributed by atoms with Crippen molar-refractivity contribution in [1.82, 2.24) is 5.01 Å². The number of imide groups is 1. The number of nitrogens with zero attached hydrogens (tertiary/aromatic N) is 2. The standard InChI is InChI=1S/C19H18N2O4/c1-25-14-8-10(2-5-13(14)22)9-20-21-17(23)15-11-3-4-12(16(15)18(21)24)19(11)6-7-19/h2-5,8-9,11-12,15-16,22H,6-7H2,1H3/t11-,12-,15+,16+/m1/s1. The average molecular weight is 338 g/mol. The summed E-state index contributed by atoms with van der Waals surface area (Å²) in [5, 5.41) is 14.8. The Balaban J connectivity index is 1.42. The molecule has 2 amide bonds. The van der Waals surface area contributed by atoms with Crippen molar-refractivity contribution in [3.8, 4) is 11.5 Å². The summed E-state index contributed by atoms with van der Waals surface area (Å²) in [6, 6.07) is 4.75. The Hall–Kier alpha value is -2.63. The minimum absolute atomic E-state index is 0.0277. The van der Waals surface area contributed by atoms with Gasteiger partial charge >= 0.3 is 0 Å². The highest BCUT2D eigenvalue weighted by atomic mass is 16.5. The summed E-state index contributed by atoms with van der Waals surface area (Å²) in [6.45, 7) is 0. The zero-order valence-corrected chi connectivity index (χ0v) is 13.8. The molecule has 1 aromatic carbocycles. The third kappa shape index (κ3) is 1.77. The van der Waals surface area contributed by atoms with E-state index in [4.69, 9.17) is 4.74 Å². The summed E-state index contributed by atoms with van der Waals surface area (Å²) in [5.41, 5.74) is 0.841. The predicted molar refractivity (Wildman–Crippen MR) is 88.9 cm³/mol. The van der Waals surface area contributed by atoms with Gasteiger partial charge in [0.05, 0.1) is 25.2 Å². The molecule has 3 fully saturated rings. The Labute approximate surface area is 144 Å². The number of amides is 2. The molecule has 128 valence electrons. The Morgan fingerprint density at radius 3 is 2.40 bits per heavy atom. The van der Waals surface area contributed by atoms with E-state index >= 15 is 0 Å². The number of hydrazone groups is 1. The van der Waals surface area contributed by atoms with E-state index in [1.165, 1.54) is 19.4 Å². The van der Waals surface area contributed by atoms with Crippen LogP contribution in [0.4, 0.5) is 0 Å². The van der Waals surface area contributed by atoms with Crippen LogP contribution < -0.4 is 4.74 Å². The molecule has 1 saturated heterocycles. The smallest absolute Gasteiger partial charge is 0.254 e. The quantitative estimate of drug-likeness (QED) is 0.519. The van der Waals surface area contributed by atoms with E-state index < -0.39 is 0 Å². The van der Waals surface area contributed by atoms with Gasteiger partial charge in [0, 0.05) is 0 Å². The zero-order chi connectivity index (χ0) is 17.3. The van der Waals surface area contributed by atoms with Crippen LogP contribution >= 0.6 is 0 Å². The fourth-order valence-electron chi connectivity index (χ4n) is 5.08. The molecule has 25 heavy (non-hydrogen) atoms. The van der Waals surface area contributed by atoms with Gasteiger partial charge in [-0.1, -0.05) is 12.2 Å². The summed E-state index contributed by atoms with van der Waals surface area (Å²) < 4.78 is 5.06. The molecule has 3 aliphatic carbocycles. The third-order valence-corrected chi connectivity index (χ3v) is 6.36. The summed E-state index contributed by atoms with van der Waals surface area (Å²) >= 11 is 0. The highest BCUT2D eigenvalue weighted by Gasteiger charge is 2.73. The number of hydrogen-bond acceptors (Lipinski definition) is 5. The zero-order valence-electron chi connectivity index (χ0n) is 13.8. The van der Waals surface area contributed by atoms with Crippen LogP contribution in [0.1, 0.15) is 18.4 Å². The van der Waals surface area contributed by atoms with E-state index in [2.05, 4.69) is 17.3 Å². The van der Waals surface area contributed by atoms with E-state index in [1.807, 2.05) is 0 Å². The first kappa shape index (κ1) is 14.7. The van der Waals surface area contributed by atoms with Gasteiger partial charge in [0.2, 0.25) is 0 Å². The third-order valence-electron chi connectivity index (χ3n) is 6.36. The average Bonchev–Trinajstić information content (AvgIpc) is 3.21. The molecule has 0 unspecified atom stereocenters. The number of carbonyl (C=O) groups excluding carboxylic acids is 2. The van der Waals surface area contributed by atoms with Gasteiger partial charge in [-0.15, -0.1) is 0 Å². The Kier molecular flexibility index (Phi) is 2.77. The highest BCUT2D eigenvalue weighted by molar-refractivity contribution is 6.07. The lowest BCUT2D eigenvalue weighted by atomic mass is 9.85. The minimum Gasteiger partial charge on any atom is -0.504 e. The summed E-state index contributed by atoms with van der Waals surface area (Å²) in [5.74, 6) is -0.0909. The Morgan fingerprint density at radius 1 is 1.20 bits per heavy atom. The monoisotopic (exact) mass is 338 g/mol. The minimum atomic E-state index is -0.239. The largest absolute Gasteiger partial charge is 0.504 e. The maximum absolute atomic E-state index is 12.8. The number of aromatic hydroxyl groups is 1. The Morgan fingerprint density at radius 2 is 1.84 bits per heavy atom. The molecule has 1 N–H and O–H groups in total. The molecule has 2 bridgehead atoms. The number of rotatable bonds is 3. The summed E-state index contributed by atoms with van der Waals surface area (Å²) in [7, 11) is 1.46. The number of allylic oxidation sites excluding steroid dienone is 2. The van der Waals surface area contributed by atoms with Crippen LogP contribution in [0.5, 0.6) is 11.5 Å². The summed E-state index contributed by atoms with van der Waals surface area (Å²) in [4.78, 5) is 25.6. The maximum Gasteiger partial charge on any atom is 0.254 e. The molecule has 0 aromatic heterocycles. The van der Waals surface area contributed by atoms with Crippen LogP contribution in [-0.4, -0.2) is 35.3 Å². The van der Waals surface area contributed by atoms with E-state index in [1.54, 1.807) is 12.1 Å². The van der Waals surface area contributed by atoms with Crippen LogP contribution in [0.3, 0.4) is 0 Å². The highest BCUT2D eigenvalue weighted by Crippen LogP contribution is 2.73. The molecule has 6 nitrogen and oxygen atoms in total. The number of carbonyl (C=O) groups is 2. The van der Waals surface area contributed by atoms with Crippen LogP contribution in [0.25, 0.3) is 0 Å². The molecular formula is C19H18N2O4. The molecule has 4 aliphatic rings. The van der Waals surface area contributed by atoms with Crippen LogP contribution in [-0.2, 0) is 9.59 Å². The SMILES string of the molecule is COc1cc(C=NN2C(=O)[C@@H]3[C@@H](C2=O)[C@H]2C=C[C@H]3C23CC3)ccc1O. The van der Waals surface area contributed by atoms with Crippen molar-refractivity contribution >= 4 is 18.0 Å². The van der Waals surface area contributed by atoms with Crippen LogP contribution in [0, 0.1) is 29.1 Å². The lowest BCUT2D eigenvalue weighted by Gasteiger charge is -2.18. The second kappa shape index (κ2) is 4.71. The molecule has 0 radical (unpaired) electrons. The molecular weight excluding hydrogens is 320 g/mol. The maximum atomic E-state index is 12.8. The lowest BCUT2D eigenvalue weighted by Crippen LogP contribution is -2.30. The van der Waals surface area contributed by atoms with E-state index in [-0.39, 0.29) is 46.7 Å². The molecule has 1 aromatic rings. The van der Waals surface area contributed by atoms with Crippen molar-refractivity contribution in [3.05, 3.63) is 35.9 Å². The van der Waals surface area contributed by atoms with E-state index in [0.29, 0.717) is 11.3 Å².